The Hall–Kier alpha value is -1.96. The SMILES string of the molecule is COc1ccc(C(=O)NNC(=O)C(C)Oc2ccc(Cl)cc2Cl)cc1Br. The number of carbonyl (C=O) groups excluding carboxylic acids is 2. The lowest BCUT2D eigenvalue weighted by Gasteiger charge is -2.16. The van der Waals surface area contributed by atoms with Gasteiger partial charge in [-0.15, -0.1) is 0 Å². The number of ether oxygens (including phenoxy) is 2. The van der Waals surface area contributed by atoms with E-state index in [0.717, 1.165) is 0 Å². The van der Waals surface area contributed by atoms with Gasteiger partial charge in [0.25, 0.3) is 11.8 Å². The highest BCUT2D eigenvalue weighted by Crippen LogP contribution is 2.28. The number of amides is 2. The molecule has 0 heterocycles. The van der Waals surface area contributed by atoms with Crippen molar-refractivity contribution < 1.29 is 19.1 Å². The molecule has 1 unspecified atom stereocenters. The van der Waals surface area contributed by atoms with Crippen molar-refractivity contribution in [2.45, 2.75) is 13.0 Å². The van der Waals surface area contributed by atoms with Crippen LogP contribution in [0.3, 0.4) is 0 Å². The molecule has 1 atom stereocenters. The summed E-state index contributed by atoms with van der Waals surface area (Å²) in [7, 11) is 1.52. The molecule has 138 valence electrons. The first kappa shape index (κ1) is 20.4. The molecule has 0 aliphatic heterocycles. The fourth-order valence-electron chi connectivity index (χ4n) is 1.91. The van der Waals surface area contributed by atoms with E-state index in [1.54, 1.807) is 30.3 Å². The van der Waals surface area contributed by atoms with Crippen molar-refractivity contribution in [2.75, 3.05) is 7.11 Å². The molecule has 9 heteroatoms. The van der Waals surface area contributed by atoms with E-state index >= 15 is 0 Å². The molecule has 0 bridgehead atoms. The second-order valence-corrected chi connectivity index (χ2v) is 6.83. The summed E-state index contributed by atoms with van der Waals surface area (Å²) in [6, 6.07) is 9.44. The van der Waals surface area contributed by atoms with Crippen LogP contribution in [0.2, 0.25) is 10.0 Å². The quantitative estimate of drug-likeness (QED) is 0.660. The summed E-state index contributed by atoms with van der Waals surface area (Å²) in [4.78, 5) is 24.2. The summed E-state index contributed by atoms with van der Waals surface area (Å²) in [5.41, 5.74) is 4.96. The van der Waals surface area contributed by atoms with Gasteiger partial charge in [-0.2, -0.15) is 0 Å². The third-order valence-corrected chi connectivity index (χ3v) is 4.43. The number of hydrazine groups is 1. The minimum atomic E-state index is -0.892. The van der Waals surface area contributed by atoms with Gasteiger partial charge in [-0.25, -0.2) is 0 Å². The van der Waals surface area contributed by atoms with Crippen LogP contribution < -0.4 is 20.3 Å². The van der Waals surface area contributed by atoms with Crippen LogP contribution in [0, 0.1) is 0 Å². The highest BCUT2D eigenvalue weighted by Gasteiger charge is 2.17. The van der Waals surface area contributed by atoms with Crippen molar-refractivity contribution in [3.8, 4) is 11.5 Å². The molecule has 2 rings (SSSR count). The van der Waals surface area contributed by atoms with E-state index in [0.29, 0.717) is 26.6 Å². The number of halogens is 3. The zero-order valence-electron chi connectivity index (χ0n) is 13.8. The van der Waals surface area contributed by atoms with E-state index in [1.165, 1.54) is 20.1 Å². The lowest BCUT2D eigenvalue weighted by Crippen LogP contribution is -2.47. The molecule has 0 saturated heterocycles. The van der Waals surface area contributed by atoms with Crippen molar-refractivity contribution in [2.24, 2.45) is 0 Å². The van der Waals surface area contributed by atoms with Gasteiger partial charge in [-0.1, -0.05) is 23.2 Å². The van der Waals surface area contributed by atoms with Crippen LogP contribution in [-0.2, 0) is 4.79 Å². The average molecular weight is 462 g/mol. The van der Waals surface area contributed by atoms with Gasteiger partial charge in [0.15, 0.2) is 6.10 Å². The standard InChI is InChI=1S/C17H15BrCl2N2O4/c1-9(26-15-6-4-11(19)8-13(15)20)16(23)21-22-17(24)10-3-5-14(25-2)12(18)7-10/h3-9H,1-2H3,(H,21,23)(H,22,24). The number of rotatable bonds is 5. The summed E-state index contributed by atoms with van der Waals surface area (Å²) in [6.45, 7) is 1.52. The Kier molecular flexibility index (Phi) is 7.14. The Morgan fingerprint density at radius 2 is 1.77 bits per heavy atom. The molecule has 0 fully saturated rings. The summed E-state index contributed by atoms with van der Waals surface area (Å²) < 4.78 is 11.2. The summed E-state index contributed by atoms with van der Waals surface area (Å²) in [5, 5.41) is 0.738. The number of hydrogen-bond donors (Lipinski definition) is 2. The average Bonchev–Trinajstić information content (AvgIpc) is 2.61. The molecule has 0 radical (unpaired) electrons. The Bertz CT molecular complexity index is 832. The van der Waals surface area contributed by atoms with Crippen molar-refractivity contribution in [3.63, 3.8) is 0 Å². The van der Waals surface area contributed by atoms with Gasteiger partial charge in [-0.3, -0.25) is 20.4 Å². The number of benzene rings is 2. The zero-order valence-corrected chi connectivity index (χ0v) is 16.9. The van der Waals surface area contributed by atoms with Gasteiger partial charge in [0.1, 0.15) is 11.5 Å². The van der Waals surface area contributed by atoms with E-state index in [9.17, 15) is 9.59 Å². The van der Waals surface area contributed by atoms with Crippen LogP contribution in [0.15, 0.2) is 40.9 Å². The smallest absolute Gasteiger partial charge is 0.279 e. The normalized spacial score (nSPS) is 11.4. The van der Waals surface area contributed by atoms with Gasteiger partial charge in [0, 0.05) is 10.6 Å². The molecule has 0 aliphatic rings. The number of hydrogen-bond acceptors (Lipinski definition) is 4. The second kappa shape index (κ2) is 9.12. The minimum Gasteiger partial charge on any atom is -0.496 e. The molecule has 6 nitrogen and oxygen atoms in total. The molecule has 2 amide bonds. The maximum atomic E-state index is 12.1. The van der Waals surface area contributed by atoms with Crippen molar-refractivity contribution in [1.82, 2.24) is 10.9 Å². The predicted molar refractivity (Wildman–Crippen MR) is 103 cm³/mol. The third kappa shape index (κ3) is 5.27. The number of nitrogens with one attached hydrogen (secondary N) is 2. The van der Waals surface area contributed by atoms with E-state index < -0.39 is 17.9 Å². The van der Waals surface area contributed by atoms with E-state index in [1.807, 2.05) is 0 Å². The largest absolute Gasteiger partial charge is 0.496 e. The molecule has 0 aromatic heterocycles. The summed E-state index contributed by atoms with van der Waals surface area (Å²) >= 11 is 15.1. The second-order valence-electron chi connectivity index (χ2n) is 5.13. The van der Waals surface area contributed by atoms with Crippen LogP contribution in [0.25, 0.3) is 0 Å². The van der Waals surface area contributed by atoms with Crippen molar-refractivity contribution >= 4 is 50.9 Å². The van der Waals surface area contributed by atoms with Gasteiger partial charge in [0.2, 0.25) is 0 Å². The molecule has 0 spiro atoms. The lowest BCUT2D eigenvalue weighted by atomic mass is 10.2. The van der Waals surface area contributed by atoms with E-state index in [-0.39, 0.29) is 5.02 Å². The Labute approximate surface area is 168 Å². The molecular weight excluding hydrogens is 447 g/mol. The Balaban J connectivity index is 1.92. The van der Waals surface area contributed by atoms with Crippen LogP contribution >= 0.6 is 39.1 Å². The first-order valence-corrected chi connectivity index (χ1v) is 8.92. The summed E-state index contributed by atoms with van der Waals surface area (Å²) in [5.74, 6) is -0.132. The maximum absolute atomic E-state index is 12.1. The fourth-order valence-corrected chi connectivity index (χ4v) is 2.91. The van der Waals surface area contributed by atoms with Gasteiger partial charge >= 0.3 is 0 Å². The summed E-state index contributed by atoms with van der Waals surface area (Å²) in [6.07, 6.45) is -0.892. The maximum Gasteiger partial charge on any atom is 0.279 e. The van der Waals surface area contributed by atoms with Crippen LogP contribution in [0.4, 0.5) is 0 Å². The van der Waals surface area contributed by atoms with Crippen molar-refractivity contribution in [1.29, 1.82) is 0 Å². The number of carbonyl (C=O) groups is 2. The lowest BCUT2D eigenvalue weighted by molar-refractivity contribution is -0.128. The van der Waals surface area contributed by atoms with Gasteiger partial charge in [-0.05, 0) is 59.3 Å². The first-order chi connectivity index (χ1) is 12.3. The number of methoxy groups -OCH3 is 1. The molecule has 0 aliphatic carbocycles. The highest BCUT2D eigenvalue weighted by atomic mass is 79.9. The first-order valence-electron chi connectivity index (χ1n) is 7.37. The van der Waals surface area contributed by atoms with Crippen LogP contribution in [0.1, 0.15) is 17.3 Å². The molecule has 2 aromatic carbocycles. The van der Waals surface area contributed by atoms with Gasteiger partial charge in [0.05, 0.1) is 16.6 Å². The highest BCUT2D eigenvalue weighted by molar-refractivity contribution is 9.10. The third-order valence-electron chi connectivity index (χ3n) is 3.28. The van der Waals surface area contributed by atoms with E-state index in [4.69, 9.17) is 32.7 Å². The topological polar surface area (TPSA) is 76.7 Å². The monoisotopic (exact) mass is 460 g/mol. The molecular formula is C17H15BrCl2N2O4. The predicted octanol–water partition coefficient (Wildman–Crippen LogP) is 3.99. The zero-order chi connectivity index (χ0) is 19.3. The van der Waals surface area contributed by atoms with Crippen LogP contribution in [0.5, 0.6) is 11.5 Å². The molecule has 2 aromatic rings. The molecule has 26 heavy (non-hydrogen) atoms. The van der Waals surface area contributed by atoms with Crippen molar-refractivity contribution in [3.05, 3.63) is 56.5 Å². The Morgan fingerprint density at radius 3 is 2.38 bits per heavy atom. The fraction of sp³-hybridized carbons (Fsp3) is 0.176. The van der Waals surface area contributed by atoms with Crippen LogP contribution in [-0.4, -0.2) is 25.0 Å². The Morgan fingerprint density at radius 1 is 1.08 bits per heavy atom. The van der Waals surface area contributed by atoms with Gasteiger partial charge < -0.3 is 9.47 Å². The molecule has 0 saturated carbocycles. The van der Waals surface area contributed by atoms with E-state index in [2.05, 4.69) is 26.8 Å². The minimum absolute atomic E-state index is 0.282. The molecule has 2 N–H and O–H groups in total.